The van der Waals surface area contributed by atoms with Gasteiger partial charge in [-0.2, -0.15) is 0 Å². The predicted octanol–water partition coefficient (Wildman–Crippen LogP) is -0.513. The van der Waals surface area contributed by atoms with Crippen LogP contribution in [0.4, 0.5) is 0 Å². The fraction of sp³-hybridized carbons (Fsp3) is 0. The Balaban J connectivity index is 2.71. The summed E-state index contributed by atoms with van der Waals surface area (Å²) in [5.41, 5.74) is 5.74. The van der Waals surface area contributed by atoms with Gasteiger partial charge in [0.1, 0.15) is 0 Å². The highest BCUT2D eigenvalue weighted by molar-refractivity contribution is 5.89. The molecule has 0 aliphatic carbocycles. The molecule has 41 valence electrons. The van der Waals surface area contributed by atoms with Crippen molar-refractivity contribution in [2.24, 2.45) is 5.73 Å². The van der Waals surface area contributed by atoms with Gasteiger partial charge >= 0.3 is 0 Å². The molecule has 1 amide bonds. The lowest BCUT2D eigenvalue weighted by atomic mass is 10.3. The van der Waals surface area contributed by atoms with Crippen molar-refractivity contribution >= 4 is 5.91 Å². The molecular weight excluding hydrogens is 104 g/mol. The Hall–Kier alpha value is -1.25. The van der Waals surface area contributed by atoms with Gasteiger partial charge in [0.15, 0.2) is 0 Å². The Labute approximate surface area is 46.9 Å². The standard InChI is InChI=1S/C5H5N2O/c6-4-1-2-5(8)7-3-4/h1-3H,6H2. The third-order valence-corrected chi connectivity index (χ3v) is 0.759. The van der Waals surface area contributed by atoms with E-state index in [1.54, 1.807) is 0 Å². The molecular formula is C5H5N2O. The molecule has 0 fully saturated rings. The van der Waals surface area contributed by atoms with Crippen molar-refractivity contribution in [2.45, 2.75) is 0 Å². The molecule has 0 aromatic heterocycles. The fourth-order valence-corrected chi connectivity index (χ4v) is 0.392. The van der Waals surface area contributed by atoms with E-state index >= 15 is 0 Å². The number of hydrogen-bond donors (Lipinski definition) is 1. The second kappa shape index (κ2) is 1.69. The number of nitrogens with two attached hydrogens (primary N) is 1. The maximum atomic E-state index is 10.3. The number of amides is 1. The Kier molecular flexibility index (Phi) is 1.04. The molecule has 3 nitrogen and oxygen atoms in total. The highest BCUT2D eigenvalue weighted by Crippen LogP contribution is 1.91. The lowest BCUT2D eigenvalue weighted by molar-refractivity contribution is -0.116. The molecule has 1 heterocycles. The van der Waals surface area contributed by atoms with Crippen molar-refractivity contribution < 1.29 is 4.79 Å². The van der Waals surface area contributed by atoms with E-state index in [1.165, 1.54) is 18.4 Å². The summed E-state index contributed by atoms with van der Waals surface area (Å²) in [6.07, 6.45) is 4.19. The van der Waals surface area contributed by atoms with Gasteiger partial charge in [-0.1, -0.05) is 0 Å². The van der Waals surface area contributed by atoms with Crippen LogP contribution in [0, 0.1) is 0 Å². The van der Waals surface area contributed by atoms with Crippen molar-refractivity contribution in [2.75, 3.05) is 0 Å². The van der Waals surface area contributed by atoms with Gasteiger partial charge in [-0.05, 0) is 6.08 Å². The molecule has 0 saturated heterocycles. The molecule has 0 atom stereocenters. The maximum absolute atomic E-state index is 10.3. The molecule has 1 radical (unpaired) electrons. The van der Waals surface area contributed by atoms with Gasteiger partial charge in [0.25, 0.3) is 5.91 Å². The molecule has 1 aliphatic heterocycles. The molecule has 1 rings (SSSR count). The number of nitrogens with zero attached hydrogens (tertiary/aromatic N) is 1. The van der Waals surface area contributed by atoms with Gasteiger partial charge < -0.3 is 5.73 Å². The molecule has 0 aromatic rings. The van der Waals surface area contributed by atoms with Gasteiger partial charge in [-0.3, -0.25) is 4.79 Å². The van der Waals surface area contributed by atoms with Crippen LogP contribution in [-0.4, -0.2) is 5.91 Å². The van der Waals surface area contributed by atoms with E-state index in [1.807, 2.05) is 0 Å². The van der Waals surface area contributed by atoms with Crippen LogP contribution in [0.25, 0.3) is 0 Å². The number of carbonyl (C=O) groups excluding carboxylic acids is 1. The number of allylic oxidation sites excluding steroid dienone is 1. The summed E-state index contributed by atoms with van der Waals surface area (Å²) in [5.74, 6) is -0.251. The predicted molar refractivity (Wildman–Crippen MR) is 28.6 cm³/mol. The SMILES string of the molecule is NC1=C[N]C(=O)C=C1. The minimum absolute atomic E-state index is 0.251. The molecule has 0 spiro atoms. The van der Waals surface area contributed by atoms with E-state index in [-0.39, 0.29) is 5.91 Å². The first kappa shape index (κ1) is 4.90. The van der Waals surface area contributed by atoms with Crippen LogP contribution in [0.15, 0.2) is 24.0 Å². The molecule has 2 N–H and O–H groups in total. The average molecular weight is 109 g/mol. The quantitative estimate of drug-likeness (QED) is 0.455. The van der Waals surface area contributed by atoms with Gasteiger partial charge in [-0.25, -0.2) is 5.32 Å². The summed E-state index contributed by atoms with van der Waals surface area (Å²) in [7, 11) is 0. The van der Waals surface area contributed by atoms with Gasteiger partial charge in [-0.15, -0.1) is 0 Å². The van der Waals surface area contributed by atoms with E-state index in [0.717, 1.165) is 0 Å². The lowest BCUT2D eigenvalue weighted by Gasteiger charge is -1.96. The topological polar surface area (TPSA) is 57.2 Å². The molecule has 0 unspecified atom stereocenters. The van der Waals surface area contributed by atoms with E-state index < -0.39 is 0 Å². The summed E-state index contributed by atoms with van der Waals surface area (Å²) >= 11 is 0. The Morgan fingerprint density at radius 1 is 1.50 bits per heavy atom. The first-order chi connectivity index (χ1) is 3.79. The number of hydrogen-bond acceptors (Lipinski definition) is 2. The Morgan fingerprint density at radius 2 is 2.25 bits per heavy atom. The second-order valence-electron chi connectivity index (χ2n) is 1.43. The van der Waals surface area contributed by atoms with Gasteiger partial charge in [0.05, 0.1) is 11.9 Å². The van der Waals surface area contributed by atoms with Crippen LogP contribution < -0.4 is 11.1 Å². The third-order valence-electron chi connectivity index (χ3n) is 0.759. The summed E-state index contributed by atoms with van der Waals surface area (Å²) in [6.45, 7) is 0. The average Bonchev–Trinajstić information content (AvgIpc) is 1.77. The Morgan fingerprint density at radius 3 is 2.62 bits per heavy atom. The van der Waals surface area contributed by atoms with Crippen molar-refractivity contribution in [3.05, 3.63) is 24.0 Å². The zero-order chi connectivity index (χ0) is 5.98. The van der Waals surface area contributed by atoms with Crippen molar-refractivity contribution in [3.63, 3.8) is 0 Å². The molecule has 3 heteroatoms. The lowest BCUT2D eigenvalue weighted by Crippen LogP contribution is -2.12. The molecule has 0 aromatic carbocycles. The third kappa shape index (κ3) is 0.872. The summed E-state index contributed by atoms with van der Waals surface area (Å²) < 4.78 is 0. The first-order valence-electron chi connectivity index (χ1n) is 2.17. The second-order valence-corrected chi connectivity index (χ2v) is 1.43. The van der Waals surface area contributed by atoms with Gasteiger partial charge in [0, 0.05) is 6.08 Å². The number of rotatable bonds is 0. The van der Waals surface area contributed by atoms with Crippen molar-refractivity contribution in [1.82, 2.24) is 5.32 Å². The molecule has 0 bridgehead atoms. The molecule has 1 aliphatic rings. The molecule has 8 heavy (non-hydrogen) atoms. The van der Waals surface area contributed by atoms with Gasteiger partial charge in [0.2, 0.25) is 0 Å². The zero-order valence-corrected chi connectivity index (χ0v) is 4.16. The van der Waals surface area contributed by atoms with Crippen LogP contribution in [0.2, 0.25) is 0 Å². The summed E-state index contributed by atoms with van der Waals surface area (Å²) in [4.78, 5) is 10.3. The fourth-order valence-electron chi connectivity index (χ4n) is 0.392. The van der Waals surface area contributed by atoms with Crippen molar-refractivity contribution in [3.8, 4) is 0 Å². The zero-order valence-electron chi connectivity index (χ0n) is 4.16. The first-order valence-corrected chi connectivity index (χ1v) is 2.17. The largest absolute Gasteiger partial charge is 0.397 e. The summed E-state index contributed by atoms with van der Waals surface area (Å²) in [6, 6.07) is 0. The van der Waals surface area contributed by atoms with Crippen LogP contribution in [0.5, 0.6) is 0 Å². The minimum Gasteiger partial charge on any atom is -0.397 e. The highest BCUT2D eigenvalue weighted by Gasteiger charge is 1.98. The molecule has 0 saturated carbocycles. The number of carbonyl (C=O) groups is 1. The maximum Gasteiger partial charge on any atom is 0.269 e. The van der Waals surface area contributed by atoms with E-state index in [4.69, 9.17) is 5.73 Å². The van der Waals surface area contributed by atoms with Crippen LogP contribution in [0.1, 0.15) is 0 Å². The van der Waals surface area contributed by atoms with Crippen LogP contribution in [-0.2, 0) is 4.79 Å². The minimum atomic E-state index is -0.251. The Bertz CT molecular complexity index is 167. The van der Waals surface area contributed by atoms with E-state index in [0.29, 0.717) is 5.70 Å². The van der Waals surface area contributed by atoms with E-state index in [2.05, 4.69) is 5.32 Å². The monoisotopic (exact) mass is 109 g/mol. The van der Waals surface area contributed by atoms with Crippen molar-refractivity contribution in [1.29, 1.82) is 0 Å². The van der Waals surface area contributed by atoms with E-state index in [9.17, 15) is 4.79 Å². The smallest absolute Gasteiger partial charge is 0.269 e. The highest BCUT2D eigenvalue weighted by atomic mass is 16.1. The normalized spacial score (nSPS) is 17.5. The van der Waals surface area contributed by atoms with Crippen LogP contribution >= 0.6 is 0 Å². The summed E-state index contributed by atoms with van der Waals surface area (Å²) in [5, 5.41) is 3.40. The van der Waals surface area contributed by atoms with Crippen LogP contribution in [0.3, 0.4) is 0 Å².